The molecule has 1 aromatic carbocycles. The Labute approximate surface area is 105 Å². The van der Waals surface area contributed by atoms with Crippen LogP contribution >= 0.6 is 0 Å². The first kappa shape index (κ1) is 11.3. The van der Waals surface area contributed by atoms with Crippen molar-refractivity contribution in [1.82, 2.24) is 0 Å². The second-order valence-corrected chi connectivity index (χ2v) is 7.39. The molecule has 2 aliphatic rings. The zero-order valence-electron chi connectivity index (χ0n) is 11.6. The Kier molecular flexibility index (Phi) is 2.24. The zero-order valence-corrected chi connectivity index (χ0v) is 11.6. The molecule has 1 spiro atoms. The fraction of sp³-hybridized carbons (Fsp3) is 0.647. The summed E-state index contributed by atoms with van der Waals surface area (Å²) >= 11 is 0. The fourth-order valence-electron chi connectivity index (χ4n) is 4.35. The van der Waals surface area contributed by atoms with Crippen molar-refractivity contribution in [2.75, 3.05) is 0 Å². The molecule has 0 saturated heterocycles. The summed E-state index contributed by atoms with van der Waals surface area (Å²) in [5.41, 5.74) is 4.29. The quantitative estimate of drug-likeness (QED) is 0.593. The van der Waals surface area contributed by atoms with Gasteiger partial charge in [-0.25, -0.2) is 0 Å². The van der Waals surface area contributed by atoms with Gasteiger partial charge in [-0.05, 0) is 53.1 Å². The molecular weight excluding hydrogens is 204 g/mol. The summed E-state index contributed by atoms with van der Waals surface area (Å²) in [4.78, 5) is 0. The minimum Gasteiger partial charge on any atom is -0.0620 e. The third-order valence-corrected chi connectivity index (χ3v) is 4.94. The van der Waals surface area contributed by atoms with Gasteiger partial charge in [0.25, 0.3) is 0 Å². The van der Waals surface area contributed by atoms with Gasteiger partial charge in [-0.2, -0.15) is 0 Å². The fourth-order valence-corrected chi connectivity index (χ4v) is 4.35. The smallest absolute Gasteiger partial charge is 0.00407 e. The standard InChI is InChI=1S/C17H24/c1-12-11-17(9-10-17)14-8-6-5-7-13(14)15(12)16(2,3)4/h5-8,12,15H,9-11H2,1-4H3. The third-order valence-electron chi connectivity index (χ3n) is 4.94. The van der Waals surface area contributed by atoms with Crippen LogP contribution < -0.4 is 0 Å². The molecule has 17 heavy (non-hydrogen) atoms. The van der Waals surface area contributed by atoms with Crippen LogP contribution in [-0.4, -0.2) is 0 Å². The minimum absolute atomic E-state index is 0.381. The summed E-state index contributed by atoms with van der Waals surface area (Å²) in [5.74, 6) is 1.55. The summed E-state index contributed by atoms with van der Waals surface area (Å²) in [6.45, 7) is 9.66. The average molecular weight is 228 g/mol. The molecule has 0 N–H and O–H groups in total. The molecule has 0 heteroatoms. The highest BCUT2D eigenvalue weighted by Gasteiger charge is 2.52. The lowest BCUT2D eigenvalue weighted by Crippen LogP contribution is -2.33. The highest BCUT2D eigenvalue weighted by atomic mass is 14.6. The maximum atomic E-state index is 2.46. The van der Waals surface area contributed by atoms with E-state index in [4.69, 9.17) is 0 Å². The van der Waals surface area contributed by atoms with Crippen molar-refractivity contribution in [2.24, 2.45) is 11.3 Å². The van der Waals surface area contributed by atoms with Crippen LogP contribution in [0.4, 0.5) is 0 Å². The second kappa shape index (κ2) is 3.37. The van der Waals surface area contributed by atoms with Gasteiger partial charge in [-0.15, -0.1) is 0 Å². The number of hydrogen-bond acceptors (Lipinski definition) is 0. The summed E-state index contributed by atoms with van der Waals surface area (Å²) in [5, 5.41) is 0. The summed E-state index contributed by atoms with van der Waals surface area (Å²) in [6.07, 6.45) is 4.25. The molecule has 0 radical (unpaired) electrons. The molecule has 92 valence electrons. The van der Waals surface area contributed by atoms with Crippen LogP contribution in [0, 0.1) is 11.3 Å². The normalized spacial score (nSPS) is 30.1. The summed E-state index contributed by atoms with van der Waals surface area (Å²) < 4.78 is 0. The molecule has 2 unspecified atom stereocenters. The van der Waals surface area contributed by atoms with E-state index in [0.717, 1.165) is 11.8 Å². The lowest BCUT2D eigenvalue weighted by atomic mass is 9.61. The van der Waals surface area contributed by atoms with Gasteiger partial charge in [-0.1, -0.05) is 52.0 Å². The zero-order chi connectivity index (χ0) is 12.3. The van der Waals surface area contributed by atoms with Gasteiger partial charge in [-0.3, -0.25) is 0 Å². The van der Waals surface area contributed by atoms with E-state index in [0.29, 0.717) is 10.8 Å². The van der Waals surface area contributed by atoms with E-state index in [2.05, 4.69) is 52.0 Å². The molecule has 1 fully saturated rings. The van der Waals surface area contributed by atoms with Gasteiger partial charge >= 0.3 is 0 Å². The third kappa shape index (κ3) is 1.64. The largest absolute Gasteiger partial charge is 0.0620 e. The van der Waals surface area contributed by atoms with Crippen LogP contribution in [0.1, 0.15) is 64.0 Å². The van der Waals surface area contributed by atoms with Gasteiger partial charge in [0, 0.05) is 0 Å². The van der Waals surface area contributed by atoms with Gasteiger partial charge < -0.3 is 0 Å². The predicted octanol–water partition coefficient (Wildman–Crippen LogP) is 4.89. The Morgan fingerprint density at radius 1 is 1.12 bits per heavy atom. The molecule has 1 aromatic rings. The number of benzene rings is 1. The van der Waals surface area contributed by atoms with Crippen LogP contribution in [0.25, 0.3) is 0 Å². The maximum absolute atomic E-state index is 2.46. The first-order chi connectivity index (χ1) is 7.94. The van der Waals surface area contributed by atoms with Crippen LogP contribution in [-0.2, 0) is 5.41 Å². The Balaban J connectivity index is 2.14. The lowest BCUT2D eigenvalue weighted by Gasteiger charge is -2.43. The summed E-state index contributed by atoms with van der Waals surface area (Å²) in [7, 11) is 0. The van der Waals surface area contributed by atoms with Crippen molar-refractivity contribution >= 4 is 0 Å². The number of fused-ring (bicyclic) bond motifs is 2. The van der Waals surface area contributed by atoms with Crippen molar-refractivity contribution in [3.8, 4) is 0 Å². The minimum atomic E-state index is 0.381. The van der Waals surface area contributed by atoms with E-state index < -0.39 is 0 Å². The molecule has 0 bridgehead atoms. The van der Waals surface area contributed by atoms with Crippen LogP contribution in [0.5, 0.6) is 0 Å². The predicted molar refractivity (Wildman–Crippen MR) is 73.3 cm³/mol. The Morgan fingerprint density at radius 3 is 2.35 bits per heavy atom. The molecular formula is C17H24. The van der Waals surface area contributed by atoms with Crippen molar-refractivity contribution in [3.05, 3.63) is 35.4 Å². The van der Waals surface area contributed by atoms with E-state index in [9.17, 15) is 0 Å². The van der Waals surface area contributed by atoms with Crippen LogP contribution in [0.15, 0.2) is 24.3 Å². The Bertz CT molecular complexity index is 432. The SMILES string of the molecule is CC1CC2(CC2)c2ccccc2C1C(C)(C)C. The Hall–Kier alpha value is -0.780. The van der Waals surface area contributed by atoms with Crippen LogP contribution in [0.3, 0.4) is 0 Å². The number of hydrogen-bond donors (Lipinski definition) is 0. The highest BCUT2D eigenvalue weighted by Crippen LogP contribution is 2.61. The molecule has 2 aliphatic carbocycles. The van der Waals surface area contributed by atoms with Gasteiger partial charge in [0.05, 0.1) is 0 Å². The van der Waals surface area contributed by atoms with E-state index in [1.54, 1.807) is 11.1 Å². The van der Waals surface area contributed by atoms with E-state index in [-0.39, 0.29) is 0 Å². The molecule has 1 saturated carbocycles. The van der Waals surface area contributed by atoms with Gasteiger partial charge in [0.2, 0.25) is 0 Å². The molecule has 0 nitrogen and oxygen atoms in total. The van der Waals surface area contributed by atoms with E-state index in [1.165, 1.54) is 19.3 Å². The maximum Gasteiger partial charge on any atom is -0.00407 e. The van der Waals surface area contributed by atoms with Gasteiger partial charge in [0.1, 0.15) is 0 Å². The summed E-state index contributed by atoms with van der Waals surface area (Å²) in [6, 6.07) is 9.24. The lowest BCUT2D eigenvalue weighted by molar-refractivity contribution is 0.207. The van der Waals surface area contributed by atoms with E-state index in [1.807, 2.05) is 0 Å². The van der Waals surface area contributed by atoms with Crippen molar-refractivity contribution < 1.29 is 0 Å². The van der Waals surface area contributed by atoms with Crippen LogP contribution in [0.2, 0.25) is 0 Å². The van der Waals surface area contributed by atoms with Gasteiger partial charge in [0.15, 0.2) is 0 Å². The van der Waals surface area contributed by atoms with Crippen molar-refractivity contribution in [3.63, 3.8) is 0 Å². The van der Waals surface area contributed by atoms with Crippen molar-refractivity contribution in [2.45, 2.75) is 58.3 Å². The Morgan fingerprint density at radius 2 is 1.76 bits per heavy atom. The highest BCUT2D eigenvalue weighted by molar-refractivity contribution is 5.44. The average Bonchev–Trinajstić information content (AvgIpc) is 2.96. The molecule has 0 aliphatic heterocycles. The molecule has 0 aromatic heterocycles. The second-order valence-electron chi connectivity index (χ2n) is 7.39. The van der Waals surface area contributed by atoms with E-state index >= 15 is 0 Å². The first-order valence-electron chi connectivity index (χ1n) is 7.03. The molecule has 2 atom stereocenters. The molecule has 0 amide bonds. The topological polar surface area (TPSA) is 0 Å². The molecule has 3 rings (SSSR count). The monoisotopic (exact) mass is 228 g/mol. The van der Waals surface area contributed by atoms with Crippen molar-refractivity contribution in [1.29, 1.82) is 0 Å². The molecule has 0 heterocycles. The number of rotatable bonds is 0. The first-order valence-corrected chi connectivity index (χ1v) is 7.03.